The van der Waals surface area contributed by atoms with Gasteiger partial charge in [0.1, 0.15) is 5.82 Å². The van der Waals surface area contributed by atoms with Gasteiger partial charge >= 0.3 is 0 Å². The van der Waals surface area contributed by atoms with E-state index in [-0.39, 0.29) is 17.5 Å². The van der Waals surface area contributed by atoms with Gasteiger partial charge in [0.2, 0.25) is 0 Å². The monoisotopic (exact) mass is 508 g/mol. The Bertz CT molecular complexity index is 1420. The van der Waals surface area contributed by atoms with Gasteiger partial charge in [-0.1, -0.05) is 12.1 Å². The number of nitrogens with zero attached hydrogens (tertiary/aromatic N) is 5. The largest absolute Gasteiger partial charge is 0.493 e. The molecule has 0 unspecified atom stereocenters. The lowest BCUT2D eigenvalue weighted by atomic mass is 10.1. The predicted octanol–water partition coefficient (Wildman–Crippen LogP) is 2.90. The van der Waals surface area contributed by atoms with Crippen molar-refractivity contribution in [1.82, 2.24) is 30.1 Å². The molecule has 37 heavy (non-hydrogen) atoms. The summed E-state index contributed by atoms with van der Waals surface area (Å²) < 4.78 is 31.7. The molecule has 3 heterocycles. The lowest BCUT2D eigenvalue weighted by Crippen LogP contribution is -2.34. The Kier molecular flexibility index (Phi) is 7.42. The van der Waals surface area contributed by atoms with Crippen LogP contribution in [0.15, 0.2) is 47.3 Å². The zero-order chi connectivity index (χ0) is 25.8. The van der Waals surface area contributed by atoms with Crippen LogP contribution >= 0.6 is 0 Å². The molecule has 2 aromatic carbocycles. The van der Waals surface area contributed by atoms with E-state index >= 15 is 0 Å². The third-order valence-electron chi connectivity index (χ3n) is 6.52. The van der Waals surface area contributed by atoms with Crippen LogP contribution in [0.1, 0.15) is 29.8 Å². The van der Waals surface area contributed by atoms with Crippen LogP contribution < -0.4 is 15.0 Å². The molecule has 2 aromatic heterocycles. The zero-order valence-electron chi connectivity index (χ0n) is 20.8. The summed E-state index contributed by atoms with van der Waals surface area (Å²) in [6.07, 6.45) is 2.05. The second-order valence-electron chi connectivity index (χ2n) is 9.10. The van der Waals surface area contributed by atoms with Gasteiger partial charge in [0, 0.05) is 36.7 Å². The summed E-state index contributed by atoms with van der Waals surface area (Å²) in [6, 6.07) is 11.7. The summed E-state index contributed by atoms with van der Waals surface area (Å²) >= 11 is 0. The lowest BCUT2D eigenvalue weighted by molar-refractivity contribution is 0.0663. The number of fused-ring (bicyclic) bond motifs is 1. The molecule has 0 spiro atoms. The van der Waals surface area contributed by atoms with Crippen molar-refractivity contribution in [2.45, 2.75) is 38.6 Å². The van der Waals surface area contributed by atoms with Crippen LogP contribution in [0.5, 0.6) is 11.5 Å². The normalized spacial score (nSPS) is 15.5. The fourth-order valence-corrected chi connectivity index (χ4v) is 4.62. The smallest absolute Gasteiger partial charge is 0.252 e. The maximum absolute atomic E-state index is 13.3. The molecule has 1 aliphatic rings. The Morgan fingerprint density at radius 1 is 1.14 bits per heavy atom. The Morgan fingerprint density at radius 2 is 1.92 bits per heavy atom. The maximum Gasteiger partial charge on any atom is 0.252 e. The molecule has 5 rings (SSSR count). The third-order valence-corrected chi connectivity index (χ3v) is 6.52. The number of pyridine rings is 1. The Balaban J connectivity index is 1.41. The van der Waals surface area contributed by atoms with E-state index in [4.69, 9.17) is 14.2 Å². The van der Waals surface area contributed by atoms with Crippen molar-refractivity contribution in [2.24, 2.45) is 0 Å². The number of rotatable bonds is 10. The molecular formula is C26H29FN6O4. The molecule has 1 fully saturated rings. The average Bonchev–Trinajstić information content (AvgIpc) is 3.57. The van der Waals surface area contributed by atoms with Crippen molar-refractivity contribution in [2.75, 3.05) is 27.4 Å². The molecule has 4 aromatic rings. The third kappa shape index (κ3) is 5.78. The van der Waals surface area contributed by atoms with Gasteiger partial charge < -0.3 is 19.2 Å². The van der Waals surface area contributed by atoms with E-state index in [0.29, 0.717) is 54.6 Å². The van der Waals surface area contributed by atoms with Crippen molar-refractivity contribution >= 4 is 10.9 Å². The minimum Gasteiger partial charge on any atom is -0.493 e. The van der Waals surface area contributed by atoms with E-state index < -0.39 is 0 Å². The van der Waals surface area contributed by atoms with Gasteiger partial charge in [-0.3, -0.25) is 9.69 Å². The Morgan fingerprint density at radius 3 is 2.65 bits per heavy atom. The minimum atomic E-state index is -0.292. The Hall–Kier alpha value is -3.83. The summed E-state index contributed by atoms with van der Waals surface area (Å²) in [5.74, 6) is 1.49. The first-order valence-electron chi connectivity index (χ1n) is 12.1. The summed E-state index contributed by atoms with van der Waals surface area (Å²) in [6.45, 7) is 2.57. The van der Waals surface area contributed by atoms with Crippen molar-refractivity contribution in [3.05, 3.63) is 75.6 Å². The maximum atomic E-state index is 13.3. The first-order valence-corrected chi connectivity index (χ1v) is 12.1. The number of halogens is 1. The Labute approximate surface area is 213 Å². The SMILES string of the molecule is COc1cc2cc(CN(Cc3nnnn3Cc3ccc(F)cc3)C[C@@H]3CCCO3)c(=O)[nH]c2cc1OC. The molecule has 1 atom stereocenters. The molecule has 1 aliphatic heterocycles. The molecule has 1 saturated heterocycles. The first-order chi connectivity index (χ1) is 18.0. The van der Waals surface area contributed by atoms with Gasteiger partial charge in [-0.15, -0.1) is 5.10 Å². The minimum absolute atomic E-state index is 0.0744. The summed E-state index contributed by atoms with van der Waals surface area (Å²) in [5.41, 5.74) is 1.98. The summed E-state index contributed by atoms with van der Waals surface area (Å²) in [5, 5.41) is 13.1. The van der Waals surface area contributed by atoms with Crippen LogP contribution in [0.3, 0.4) is 0 Å². The molecule has 0 radical (unpaired) electrons. The number of aromatic amines is 1. The van der Waals surface area contributed by atoms with Crippen LogP contribution in [0.25, 0.3) is 10.9 Å². The molecule has 0 saturated carbocycles. The van der Waals surface area contributed by atoms with Crippen LogP contribution in [0, 0.1) is 5.82 Å². The second-order valence-corrected chi connectivity index (χ2v) is 9.10. The van der Waals surface area contributed by atoms with Gasteiger partial charge in [-0.25, -0.2) is 9.07 Å². The molecule has 0 aliphatic carbocycles. The van der Waals surface area contributed by atoms with Gasteiger partial charge in [0.05, 0.1) is 38.9 Å². The quantitative estimate of drug-likeness (QED) is 0.349. The standard InChI is InChI=1S/C26H29FN6O4/c1-35-23-11-18-10-19(26(34)28-22(18)12-24(23)36-2)14-32(15-21-4-3-9-37-21)16-25-29-30-31-33(25)13-17-5-7-20(27)8-6-17/h5-8,10-12,21H,3-4,9,13-16H2,1-2H3,(H,28,34)/t21-/m0/s1. The number of tetrazole rings is 1. The number of benzene rings is 2. The number of hydrogen-bond donors (Lipinski definition) is 1. The van der Waals surface area contributed by atoms with Crippen molar-refractivity contribution in [3.8, 4) is 11.5 Å². The van der Waals surface area contributed by atoms with Gasteiger partial charge in [-0.2, -0.15) is 0 Å². The molecular weight excluding hydrogens is 479 g/mol. The van der Waals surface area contributed by atoms with E-state index in [2.05, 4.69) is 25.4 Å². The highest BCUT2D eigenvalue weighted by molar-refractivity contribution is 5.83. The van der Waals surface area contributed by atoms with Gasteiger partial charge in [-0.05, 0) is 53.1 Å². The van der Waals surface area contributed by atoms with Crippen molar-refractivity contribution in [1.29, 1.82) is 0 Å². The van der Waals surface area contributed by atoms with Gasteiger partial charge in [0.15, 0.2) is 17.3 Å². The highest BCUT2D eigenvalue weighted by Crippen LogP contribution is 2.31. The topological polar surface area (TPSA) is 107 Å². The fraction of sp³-hybridized carbons (Fsp3) is 0.385. The van der Waals surface area contributed by atoms with Crippen molar-refractivity contribution in [3.63, 3.8) is 0 Å². The number of ether oxygens (including phenoxy) is 3. The number of H-pyrrole nitrogens is 1. The molecule has 0 amide bonds. The zero-order valence-corrected chi connectivity index (χ0v) is 20.8. The molecule has 0 bridgehead atoms. The van der Waals surface area contributed by atoms with Crippen LogP contribution in [-0.2, 0) is 24.4 Å². The van der Waals surface area contributed by atoms with Crippen molar-refractivity contribution < 1.29 is 18.6 Å². The molecule has 194 valence electrons. The van der Waals surface area contributed by atoms with E-state index in [0.717, 1.165) is 30.4 Å². The molecule has 11 heteroatoms. The molecule has 1 N–H and O–H groups in total. The van der Waals surface area contributed by atoms with Gasteiger partial charge in [0.25, 0.3) is 5.56 Å². The molecule has 10 nitrogen and oxygen atoms in total. The summed E-state index contributed by atoms with van der Waals surface area (Å²) in [4.78, 5) is 18.1. The van der Waals surface area contributed by atoms with Crippen LogP contribution in [0.2, 0.25) is 0 Å². The summed E-state index contributed by atoms with van der Waals surface area (Å²) in [7, 11) is 3.14. The lowest BCUT2D eigenvalue weighted by Gasteiger charge is -2.24. The average molecular weight is 509 g/mol. The number of methoxy groups -OCH3 is 2. The van der Waals surface area contributed by atoms with E-state index in [1.165, 1.54) is 12.1 Å². The first kappa shape index (κ1) is 24.8. The number of hydrogen-bond acceptors (Lipinski definition) is 8. The highest BCUT2D eigenvalue weighted by Gasteiger charge is 2.22. The van der Waals surface area contributed by atoms with E-state index in [1.807, 2.05) is 12.1 Å². The number of nitrogens with one attached hydrogen (secondary N) is 1. The van der Waals surface area contributed by atoms with Crippen LogP contribution in [0.4, 0.5) is 4.39 Å². The predicted molar refractivity (Wildman–Crippen MR) is 134 cm³/mol. The fourth-order valence-electron chi connectivity index (χ4n) is 4.62. The highest BCUT2D eigenvalue weighted by atomic mass is 19.1. The van der Waals surface area contributed by atoms with Crippen LogP contribution in [-0.4, -0.2) is 63.6 Å². The van der Waals surface area contributed by atoms with E-state index in [1.54, 1.807) is 37.1 Å². The van der Waals surface area contributed by atoms with E-state index in [9.17, 15) is 9.18 Å². The second kappa shape index (κ2) is 11.1. The number of aromatic nitrogens is 5.